The fourth-order valence-electron chi connectivity index (χ4n) is 4.17. The maximum Gasteiger partial charge on any atom is 0.514 e. The number of nitrogens with one attached hydrogen (secondary N) is 1. The van der Waals surface area contributed by atoms with Crippen LogP contribution in [0.1, 0.15) is 43.2 Å². The monoisotopic (exact) mass is 612 g/mol. The molecule has 0 radical (unpaired) electrons. The summed E-state index contributed by atoms with van der Waals surface area (Å²) in [6.45, 7) is 7.68. The van der Waals surface area contributed by atoms with E-state index >= 15 is 0 Å². The van der Waals surface area contributed by atoms with Crippen LogP contribution >= 0.6 is 0 Å². The van der Waals surface area contributed by atoms with Crippen LogP contribution in [0.5, 0.6) is 11.5 Å². The van der Waals surface area contributed by atoms with E-state index in [0.717, 1.165) is 5.56 Å². The quantitative estimate of drug-likeness (QED) is 0.171. The number of cyclic esters (lactones) is 2. The number of nitrogens with zero attached hydrogens (tertiary/aromatic N) is 1. The Kier molecular flexibility index (Phi) is 12.2. The molecule has 1 fully saturated rings. The summed E-state index contributed by atoms with van der Waals surface area (Å²) in [5.41, 5.74) is 0.352. The van der Waals surface area contributed by atoms with Gasteiger partial charge in [-0.1, -0.05) is 50.3 Å². The molecule has 0 bridgehead atoms. The molecular weight excluding hydrogens is 576 g/mol. The summed E-state index contributed by atoms with van der Waals surface area (Å²) < 4.78 is 32.1. The zero-order chi connectivity index (χ0) is 32.2. The zero-order valence-electron chi connectivity index (χ0n) is 25.0. The Morgan fingerprint density at radius 3 is 2.52 bits per heavy atom. The van der Waals surface area contributed by atoms with Crippen LogP contribution in [0, 0.1) is 11.8 Å². The van der Waals surface area contributed by atoms with Gasteiger partial charge < -0.3 is 33.7 Å². The summed E-state index contributed by atoms with van der Waals surface area (Å²) in [6.07, 6.45) is -0.117. The minimum atomic E-state index is -1.49. The van der Waals surface area contributed by atoms with Gasteiger partial charge in [0.1, 0.15) is 18.6 Å². The Morgan fingerprint density at radius 2 is 1.86 bits per heavy atom. The highest BCUT2D eigenvalue weighted by molar-refractivity contribution is 5.98. The standard InChI is InChI=1S/C31H36N2O11/c1-6-7-15-40-31(38)44-26-23(39-5)13-14-32-24(26)27(34)33-22-17-41-29(36)21(16-20-11-9-8-10-12-20)25(19(4)42-30(22)37)43-28(35)18(2)3/h6,8-14,18-19,21-22,25H,1,7,15-17H2,2-5H3,(H,33,34)/t19-,21+,22?,25?/m0/s1. The van der Waals surface area contributed by atoms with E-state index in [4.69, 9.17) is 28.4 Å². The van der Waals surface area contributed by atoms with Gasteiger partial charge in [0.15, 0.2) is 23.6 Å². The van der Waals surface area contributed by atoms with E-state index in [1.807, 2.05) is 6.07 Å². The maximum atomic E-state index is 13.4. The number of benzene rings is 1. The Labute approximate surface area is 254 Å². The zero-order valence-corrected chi connectivity index (χ0v) is 25.0. The first-order valence-electron chi connectivity index (χ1n) is 14.0. The molecule has 0 spiro atoms. The van der Waals surface area contributed by atoms with Gasteiger partial charge in [0.25, 0.3) is 5.91 Å². The molecule has 2 unspecified atom stereocenters. The summed E-state index contributed by atoms with van der Waals surface area (Å²) >= 11 is 0. The molecule has 3 rings (SSSR count). The topological polar surface area (TPSA) is 166 Å². The highest BCUT2D eigenvalue weighted by atomic mass is 16.7. The second-order valence-electron chi connectivity index (χ2n) is 10.1. The van der Waals surface area contributed by atoms with Crippen molar-refractivity contribution in [3.8, 4) is 11.5 Å². The third-order valence-corrected chi connectivity index (χ3v) is 6.50. The average Bonchev–Trinajstić information content (AvgIpc) is 3.03. The average molecular weight is 613 g/mol. The Morgan fingerprint density at radius 1 is 1.14 bits per heavy atom. The number of hydrogen-bond donors (Lipinski definition) is 1. The van der Waals surface area contributed by atoms with Crippen molar-refractivity contribution in [2.45, 2.75) is 51.9 Å². The summed E-state index contributed by atoms with van der Waals surface area (Å²) in [7, 11) is 1.29. The predicted molar refractivity (Wildman–Crippen MR) is 154 cm³/mol. The van der Waals surface area contributed by atoms with Gasteiger partial charge in [-0.2, -0.15) is 0 Å². The number of ether oxygens (including phenoxy) is 6. The Balaban J connectivity index is 1.86. The van der Waals surface area contributed by atoms with Crippen molar-refractivity contribution in [1.29, 1.82) is 0 Å². The second-order valence-corrected chi connectivity index (χ2v) is 10.1. The third-order valence-electron chi connectivity index (χ3n) is 6.50. The van der Waals surface area contributed by atoms with Gasteiger partial charge in [-0.25, -0.2) is 14.6 Å². The molecule has 1 amide bonds. The van der Waals surface area contributed by atoms with E-state index < -0.39 is 72.4 Å². The molecule has 1 aliphatic heterocycles. The second kappa shape index (κ2) is 16.1. The van der Waals surface area contributed by atoms with Gasteiger partial charge in [-0.05, 0) is 25.3 Å². The summed E-state index contributed by atoms with van der Waals surface area (Å²) in [5.74, 6) is -5.19. The molecule has 13 nitrogen and oxygen atoms in total. The number of carbonyl (C=O) groups excluding carboxylic acids is 5. The molecule has 1 N–H and O–H groups in total. The van der Waals surface area contributed by atoms with Crippen molar-refractivity contribution < 1.29 is 52.4 Å². The Bertz CT molecular complexity index is 1350. The SMILES string of the molecule is C=CCCOC(=O)Oc1c(OC)ccnc1C(=O)NC1COC(=O)[C@H](Cc2ccccc2)C(OC(=O)C(C)C)[C@H](C)OC1=O. The molecule has 44 heavy (non-hydrogen) atoms. The lowest BCUT2D eigenvalue weighted by molar-refractivity contribution is -0.176. The Hall–Kier alpha value is -4.94. The van der Waals surface area contributed by atoms with Crippen molar-refractivity contribution in [3.63, 3.8) is 0 Å². The number of hydrogen-bond acceptors (Lipinski definition) is 12. The van der Waals surface area contributed by atoms with Crippen LogP contribution in [0.15, 0.2) is 55.3 Å². The first kappa shape index (κ1) is 33.6. The first-order valence-corrected chi connectivity index (χ1v) is 14.0. The normalized spacial score (nSPS) is 20.1. The summed E-state index contributed by atoms with van der Waals surface area (Å²) in [6, 6.07) is 8.88. The fraction of sp³-hybridized carbons (Fsp3) is 0.419. The molecule has 1 saturated heterocycles. The van der Waals surface area contributed by atoms with Gasteiger partial charge in [-0.3, -0.25) is 14.4 Å². The molecule has 2 aromatic rings. The number of aromatic nitrogens is 1. The molecule has 1 aromatic carbocycles. The molecule has 0 aliphatic carbocycles. The molecule has 236 valence electrons. The molecular formula is C31H36N2O11. The van der Waals surface area contributed by atoms with E-state index in [9.17, 15) is 24.0 Å². The smallest absolute Gasteiger partial charge is 0.493 e. The van der Waals surface area contributed by atoms with Gasteiger partial charge in [0.05, 0.1) is 19.6 Å². The van der Waals surface area contributed by atoms with E-state index in [1.54, 1.807) is 44.2 Å². The minimum Gasteiger partial charge on any atom is -0.493 e. The van der Waals surface area contributed by atoms with Crippen LogP contribution in [0.4, 0.5) is 4.79 Å². The van der Waals surface area contributed by atoms with Gasteiger partial charge in [-0.15, -0.1) is 6.58 Å². The maximum absolute atomic E-state index is 13.4. The largest absolute Gasteiger partial charge is 0.514 e. The van der Waals surface area contributed by atoms with Crippen molar-refractivity contribution in [1.82, 2.24) is 10.3 Å². The lowest BCUT2D eigenvalue weighted by Gasteiger charge is -2.29. The van der Waals surface area contributed by atoms with Crippen LogP contribution < -0.4 is 14.8 Å². The number of amides is 1. The minimum absolute atomic E-state index is 0.0113. The highest BCUT2D eigenvalue weighted by Crippen LogP contribution is 2.30. The molecule has 13 heteroatoms. The van der Waals surface area contributed by atoms with Crippen molar-refractivity contribution in [2.75, 3.05) is 20.3 Å². The van der Waals surface area contributed by atoms with Crippen LogP contribution in [-0.2, 0) is 39.8 Å². The van der Waals surface area contributed by atoms with Crippen LogP contribution in [0.25, 0.3) is 0 Å². The first-order chi connectivity index (χ1) is 21.0. The molecule has 2 heterocycles. The third kappa shape index (κ3) is 9.03. The number of esters is 3. The van der Waals surface area contributed by atoms with Crippen molar-refractivity contribution >= 4 is 30.0 Å². The molecule has 0 saturated carbocycles. The number of pyridine rings is 1. The van der Waals surface area contributed by atoms with Gasteiger partial charge >= 0.3 is 24.1 Å². The van der Waals surface area contributed by atoms with Gasteiger partial charge in [0, 0.05) is 12.3 Å². The van der Waals surface area contributed by atoms with Gasteiger partial charge in [0.2, 0.25) is 5.75 Å². The van der Waals surface area contributed by atoms with E-state index in [0.29, 0.717) is 6.42 Å². The number of carbonyl (C=O) groups is 5. The lowest BCUT2D eigenvalue weighted by atomic mass is 9.91. The summed E-state index contributed by atoms with van der Waals surface area (Å²) in [4.78, 5) is 68.8. The van der Waals surface area contributed by atoms with E-state index in [1.165, 1.54) is 26.3 Å². The highest BCUT2D eigenvalue weighted by Gasteiger charge is 2.42. The van der Waals surface area contributed by atoms with Crippen molar-refractivity contribution in [3.05, 3.63) is 66.5 Å². The summed E-state index contributed by atoms with van der Waals surface area (Å²) in [5, 5.41) is 2.42. The number of methoxy groups -OCH3 is 1. The molecule has 1 aliphatic rings. The lowest BCUT2D eigenvalue weighted by Crippen LogP contribution is -2.47. The van der Waals surface area contributed by atoms with Crippen LogP contribution in [0.3, 0.4) is 0 Å². The van der Waals surface area contributed by atoms with Crippen LogP contribution in [0.2, 0.25) is 0 Å². The number of rotatable bonds is 11. The predicted octanol–water partition coefficient (Wildman–Crippen LogP) is 3.20. The van der Waals surface area contributed by atoms with Crippen molar-refractivity contribution in [2.24, 2.45) is 11.8 Å². The fourth-order valence-corrected chi connectivity index (χ4v) is 4.17. The molecule has 4 atom stereocenters. The molecule has 1 aromatic heterocycles. The van der Waals surface area contributed by atoms with E-state index in [2.05, 4.69) is 16.9 Å². The van der Waals surface area contributed by atoms with E-state index in [-0.39, 0.29) is 24.5 Å². The van der Waals surface area contributed by atoms with Crippen LogP contribution in [-0.4, -0.2) is 73.5 Å².